The van der Waals surface area contributed by atoms with E-state index in [0.717, 1.165) is 17.2 Å². The lowest BCUT2D eigenvalue weighted by atomic mass is 10.4. The van der Waals surface area contributed by atoms with Crippen LogP contribution in [-0.2, 0) is 11.3 Å². The summed E-state index contributed by atoms with van der Waals surface area (Å²) in [7, 11) is 1.68. The molecule has 0 unspecified atom stereocenters. The third-order valence-corrected chi connectivity index (χ3v) is 2.78. The minimum Gasteiger partial charge on any atom is -0.438 e. The van der Waals surface area contributed by atoms with E-state index in [1.807, 2.05) is 0 Å². The molecule has 0 radical (unpaired) electrons. The van der Waals surface area contributed by atoms with E-state index < -0.39 is 0 Å². The smallest absolute Gasteiger partial charge is 0.208 e. The van der Waals surface area contributed by atoms with Gasteiger partial charge in [-0.1, -0.05) is 0 Å². The van der Waals surface area contributed by atoms with Crippen LogP contribution in [0, 0.1) is 0 Å². The summed E-state index contributed by atoms with van der Waals surface area (Å²) in [5.74, 6) is 1.45. The number of aromatic nitrogens is 2. The molecule has 0 aliphatic carbocycles. The first-order chi connectivity index (χ1) is 7.90. The van der Waals surface area contributed by atoms with Crippen molar-refractivity contribution in [3.63, 3.8) is 0 Å². The Morgan fingerprint density at radius 1 is 1.50 bits per heavy atom. The van der Waals surface area contributed by atoms with Crippen molar-refractivity contribution in [2.75, 3.05) is 20.3 Å². The molecule has 16 heavy (non-hydrogen) atoms. The average Bonchev–Trinajstić information content (AvgIpc) is 2.94. The van der Waals surface area contributed by atoms with Gasteiger partial charge in [-0.2, -0.15) is 0 Å². The van der Waals surface area contributed by atoms with E-state index in [0.29, 0.717) is 19.0 Å². The van der Waals surface area contributed by atoms with Crippen molar-refractivity contribution in [3.05, 3.63) is 23.8 Å². The van der Waals surface area contributed by atoms with Crippen molar-refractivity contribution in [1.29, 1.82) is 0 Å². The SMILES string of the molecule is COCCNCc1ncc(-c2cncs2)o1. The van der Waals surface area contributed by atoms with Crippen LogP contribution in [0.4, 0.5) is 0 Å². The number of hydrogen-bond donors (Lipinski definition) is 1. The van der Waals surface area contributed by atoms with Gasteiger partial charge in [-0.15, -0.1) is 11.3 Å². The lowest BCUT2D eigenvalue weighted by Gasteiger charge is -1.99. The van der Waals surface area contributed by atoms with E-state index in [2.05, 4.69) is 15.3 Å². The van der Waals surface area contributed by atoms with Gasteiger partial charge < -0.3 is 14.5 Å². The monoisotopic (exact) mass is 239 g/mol. The van der Waals surface area contributed by atoms with Crippen LogP contribution >= 0.6 is 11.3 Å². The quantitative estimate of drug-likeness (QED) is 0.775. The molecule has 0 aliphatic heterocycles. The van der Waals surface area contributed by atoms with Crippen molar-refractivity contribution in [2.24, 2.45) is 0 Å². The number of methoxy groups -OCH3 is 1. The minimum atomic E-state index is 0.613. The van der Waals surface area contributed by atoms with Gasteiger partial charge in [0.05, 0.1) is 29.7 Å². The molecule has 0 bridgehead atoms. The maximum absolute atomic E-state index is 5.56. The summed E-state index contributed by atoms with van der Waals surface area (Å²) < 4.78 is 10.5. The maximum atomic E-state index is 5.56. The first kappa shape index (κ1) is 11.3. The number of ether oxygens (including phenoxy) is 1. The molecular formula is C10H13N3O2S. The highest BCUT2D eigenvalue weighted by Crippen LogP contribution is 2.23. The summed E-state index contributed by atoms with van der Waals surface area (Å²) in [5.41, 5.74) is 1.77. The van der Waals surface area contributed by atoms with Gasteiger partial charge in [0.15, 0.2) is 5.76 Å². The van der Waals surface area contributed by atoms with Crippen molar-refractivity contribution < 1.29 is 9.15 Å². The van der Waals surface area contributed by atoms with Crippen molar-refractivity contribution in [2.45, 2.75) is 6.54 Å². The molecule has 2 heterocycles. The number of rotatable bonds is 6. The predicted octanol–water partition coefficient (Wildman–Crippen LogP) is 1.53. The summed E-state index contributed by atoms with van der Waals surface area (Å²) >= 11 is 1.54. The van der Waals surface area contributed by atoms with Gasteiger partial charge in [-0.3, -0.25) is 4.98 Å². The van der Waals surface area contributed by atoms with E-state index in [-0.39, 0.29) is 0 Å². The van der Waals surface area contributed by atoms with Crippen LogP contribution in [0.2, 0.25) is 0 Å². The Hall–Kier alpha value is -1.24. The third kappa shape index (κ3) is 2.88. The zero-order valence-electron chi connectivity index (χ0n) is 8.97. The molecular weight excluding hydrogens is 226 g/mol. The second-order valence-electron chi connectivity index (χ2n) is 3.15. The lowest BCUT2D eigenvalue weighted by Crippen LogP contribution is -2.18. The van der Waals surface area contributed by atoms with Gasteiger partial charge >= 0.3 is 0 Å². The topological polar surface area (TPSA) is 60.2 Å². The first-order valence-electron chi connectivity index (χ1n) is 4.93. The summed E-state index contributed by atoms with van der Waals surface area (Å²) in [6.45, 7) is 2.08. The van der Waals surface area contributed by atoms with Crippen LogP contribution in [0.5, 0.6) is 0 Å². The molecule has 0 atom stereocenters. The second kappa shape index (κ2) is 5.74. The zero-order valence-corrected chi connectivity index (χ0v) is 9.79. The highest BCUT2D eigenvalue weighted by molar-refractivity contribution is 7.13. The molecule has 2 aromatic rings. The highest BCUT2D eigenvalue weighted by Gasteiger charge is 2.06. The molecule has 0 spiro atoms. The Labute approximate surface area is 97.5 Å². The summed E-state index contributed by atoms with van der Waals surface area (Å²) in [4.78, 5) is 9.17. The fourth-order valence-electron chi connectivity index (χ4n) is 1.21. The van der Waals surface area contributed by atoms with E-state index in [9.17, 15) is 0 Å². The number of oxazole rings is 1. The number of thiazole rings is 1. The molecule has 0 saturated carbocycles. The molecule has 0 aliphatic rings. The fourth-order valence-corrected chi connectivity index (χ4v) is 1.78. The predicted molar refractivity (Wildman–Crippen MR) is 61.2 cm³/mol. The van der Waals surface area contributed by atoms with E-state index in [1.165, 1.54) is 11.3 Å². The third-order valence-electron chi connectivity index (χ3n) is 1.99. The van der Waals surface area contributed by atoms with Gasteiger partial charge in [0.25, 0.3) is 0 Å². The maximum Gasteiger partial charge on any atom is 0.208 e. The van der Waals surface area contributed by atoms with Gasteiger partial charge in [0, 0.05) is 19.9 Å². The number of hydrogen-bond acceptors (Lipinski definition) is 6. The number of nitrogens with zero attached hydrogens (tertiary/aromatic N) is 2. The van der Waals surface area contributed by atoms with E-state index >= 15 is 0 Å². The molecule has 0 aromatic carbocycles. The second-order valence-corrected chi connectivity index (χ2v) is 4.04. The fraction of sp³-hybridized carbons (Fsp3) is 0.400. The zero-order chi connectivity index (χ0) is 11.2. The number of nitrogens with one attached hydrogen (secondary N) is 1. The Morgan fingerprint density at radius 3 is 3.19 bits per heavy atom. The van der Waals surface area contributed by atoms with E-state index in [4.69, 9.17) is 9.15 Å². The molecule has 5 nitrogen and oxygen atoms in total. The molecule has 0 amide bonds. The molecule has 0 saturated heterocycles. The van der Waals surface area contributed by atoms with Gasteiger partial charge in [0.2, 0.25) is 5.89 Å². The summed E-state index contributed by atoms with van der Waals surface area (Å²) in [6.07, 6.45) is 3.49. The Bertz CT molecular complexity index is 413. The van der Waals surface area contributed by atoms with Crippen LogP contribution in [0.15, 0.2) is 22.3 Å². The molecule has 86 valence electrons. The Balaban J connectivity index is 1.88. The van der Waals surface area contributed by atoms with Gasteiger partial charge in [0.1, 0.15) is 0 Å². The van der Waals surface area contributed by atoms with Crippen LogP contribution in [0.25, 0.3) is 10.6 Å². The van der Waals surface area contributed by atoms with Gasteiger partial charge in [-0.25, -0.2) is 4.98 Å². The largest absolute Gasteiger partial charge is 0.438 e. The van der Waals surface area contributed by atoms with E-state index in [1.54, 1.807) is 25.0 Å². The lowest BCUT2D eigenvalue weighted by molar-refractivity contribution is 0.198. The highest BCUT2D eigenvalue weighted by atomic mass is 32.1. The van der Waals surface area contributed by atoms with Crippen LogP contribution in [-0.4, -0.2) is 30.2 Å². The minimum absolute atomic E-state index is 0.613. The van der Waals surface area contributed by atoms with Crippen molar-refractivity contribution >= 4 is 11.3 Å². The van der Waals surface area contributed by atoms with Crippen LogP contribution < -0.4 is 5.32 Å². The normalized spacial score (nSPS) is 10.8. The van der Waals surface area contributed by atoms with Crippen molar-refractivity contribution in [3.8, 4) is 10.6 Å². The molecule has 0 fully saturated rings. The standard InChI is InChI=1S/C10H13N3O2S/c1-14-3-2-11-6-10-13-4-8(15-10)9-5-12-7-16-9/h4-5,7,11H,2-3,6H2,1H3. The van der Waals surface area contributed by atoms with Crippen molar-refractivity contribution in [1.82, 2.24) is 15.3 Å². The van der Waals surface area contributed by atoms with Gasteiger partial charge in [-0.05, 0) is 0 Å². The molecule has 2 rings (SSSR count). The van der Waals surface area contributed by atoms with Crippen LogP contribution in [0.3, 0.4) is 0 Å². The Morgan fingerprint density at radius 2 is 2.44 bits per heavy atom. The molecule has 1 N–H and O–H groups in total. The molecule has 6 heteroatoms. The molecule has 2 aromatic heterocycles. The Kier molecular flexibility index (Phi) is 4.03. The summed E-state index contributed by atoms with van der Waals surface area (Å²) in [6, 6.07) is 0. The summed E-state index contributed by atoms with van der Waals surface area (Å²) in [5, 5.41) is 3.17. The van der Waals surface area contributed by atoms with Crippen LogP contribution in [0.1, 0.15) is 5.89 Å². The first-order valence-corrected chi connectivity index (χ1v) is 5.81. The average molecular weight is 239 g/mol.